The topological polar surface area (TPSA) is 76.5 Å². The van der Waals surface area contributed by atoms with Crippen molar-refractivity contribution in [2.45, 2.75) is 13.0 Å². The molecule has 0 radical (unpaired) electrons. The third kappa shape index (κ3) is 4.15. The summed E-state index contributed by atoms with van der Waals surface area (Å²) < 4.78 is 6.78. The molecule has 2 aromatic rings. The van der Waals surface area contributed by atoms with E-state index in [2.05, 4.69) is 15.2 Å². The molecule has 1 aliphatic heterocycles. The van der Waals surface area contributed by atoms with Crippen molar-refractivity contribution in [3.8, 4) is 0 Å². The number of hydrogen-bond donors (Lipinski definition) is 1. The second-order valence-corrected chi connectivity index (χ2v) is 6.33. The van der Waals surface area contributed by atoms with Gasteiger partial charge in [0, 0.05) is 39.1 Å². The van der Waals surface area contributed by atoms with Crippen LogP contribution >= 0.6 is 11.3 Å². The van der Waals surface area contributed by atoms with E-state index in [1.54, 1.807) is 6.07 Å². The fourth-order valence-electron chi connectivity index (χ4n) is 2.54. The number of nitrogens with one attached hydrogen (secondary N) is 1. The Kier molecular flexibility index (Phi) is 5.37. The summed E-state index contributed by atoms with van der Waals surface area (Å²) in [6, 6.07) is 1.77. The zero-order chi connectivity index (χ0) is 16.1. The lowest BCUT2D eigenvalue weighted by Gasteiger charge is -2.26. The lowest BCUT2D eigenvalue weighted by molar-refractivity contribution is -0.121. The molecule has 23 heavy (non-hydrogen) atoms. The van der Waals surface area contributed by atoms with Gasteiger partial charge in [-0.05, 0) is 11.4 Å². The summed E-state index contributed by atoms with van der Waals surface area (Å²) in [6.45, 7) is 5.15. The maximum absolute atomic E-state index is 12.2. The molecule has 0 aromatic carbocycles. The number of carbonyl (C=O) groups excluding carboxylic acids is 1. The molecule has 1 N–H and O–H groups in total. The first-order valence-corrected chi connectivity index (χ1v) is 8.61. The first-order valence-electron chi connectivity index (χ1n) is 7.73. The maximum Gasteiger partial charge on any atom is 0.262 e. The molecule has 8 heteroatoms. The van der Waals surface area contributed by atoms with Crippen LogP contribution in [0.15, 0.2) is 22.6 Å². The highest BCUT2D eigenvalue weighted by Crippen LogP contribution is 2.13. The Hall–Kier alpha value is -1.77. The molecule has 3 heterocycles. The van der Waals surface area contributed by atoms with Crippen LogP contribution in [0.1, 0.15) is 6.42 Å². The first-order chi connectivity index (χ1) is 11.2. The molecule has 1 amide bonds. The molecule has 3 rings (SSSR count). The van der Waals surface area contributed by atoms with Crippen molar-refractivity contribution in [1.29, 1.82) is 0 Å². The van der Waals surface area contributed by atoms with E-state index >= 15 is 0 Å². The number of morpholine rings is 1. The van der Waals surface area contributed by atoms with E-state index in [1.807, 2.05) is 5.38 Å². The van der Waals surface area contributed by atoms with Crippen molar-refractivity contribution < 1.29 is 9.53 Å². The molecule has 0 bridgehead atoms. The molecular weight excluding hydrogens is 316 g/mol. The number of thiophene rings is 1. The fraction of sp³-hybridized carbons (Fsp3) is 0.533. The minimum atomic E-state index is -0.0858. The number of amides is 1. The zero-order valence-corrected chi connectivity index (χ0v) is 13.7. The largest absolute Gasteiger partial charge is 0.379 e. The molecule has 2 aromatic heterocycles. The maximum atomic E-state index is 12.2. The second kappa shape index (κ2) is 7.67. The molecule has 1 fully saturated rings. The SMILES string of the molecule is O=C(CCn1cnc2sccc2c1=O)NCCN1CCOCC1. The molecule has 1 aliphatic rings. The number of carbonyl (C=O) groups is 1. The van der Waals surface area contributed by atoms with Gasteiger partial charge in [-0.2, -0.15) is 0 Å². The monoisotopic (exact) mass is 336 g/mol. The second-order valence-electron chi connectivity index (χ2n) is 5.44. The number of aromatic nitrogens is 2. The Labute approximate surface area is 137 Å². The standard InChI is InChI=1S/C15H20N4O3S/c20-13(16-3-5-18-6-8-22-9-7-18)1-4-19-11-17-14-12(15(19)21)2-10-23-14/h2,10-11H,1,3-9H2,(H,16,20). The van der Waals surface area contributed by atoms with Gasteiger partial charge in [0.15, 0.2) is 0 Å². The van der Waals surface area contributed by atoms with E-state index in [9.17, 15) is 9.59 Å². The number of hydrogen-bond acceptors (Lipinski definition) is 6. The molecule has 0 saturated carbocycles. The summed E-state index contributed by atoms with van der Waals surface area (Å²) in [7, 11) is 0. The van der Waals surface area contributed by atoms with E-state index < -0.39 is 0 Å². The predicted octanol–water partition coefficient (Wildman–Crippen LogP) is 0.296. The van der Waals surface area contributed by atoms with Gasteiger partial charge in [-0.1, -0.05) is 0 Å². The number of nitrogens with zero attached hydrogens (tertiary/aromatic N) is 3. The van der Waals surface area contributed by atoms with Gasteiger partial charge in [-0.3, -0.25) is 19.1 Å². The highest BCUT2D eigenvalue weighted by atomic mass is 32.1. The van der Waals surface area contributed by atoms with Crippen LogP contribution < -0.4 is 10.9 Å². The molecule has 0 atom stereocenters. The summed E-state index contributed by atoms with van der Waals surface area (Å²) in [5.41, 5.74) is -0.0858. The van der Waals surface area contributed by atoms with Crippen molar-refractivity contribution in [3.63, 3.8) is 0 Å². The zero-order valence-electron chi connectivity index (χ0n) is 12.9. The average molecular weight is 336 g/mol. The van der Waals surface area contributed by atoms with Crippen LogP contribution in [0.2, 0.25) is 0 Å². The minimum absolute atomic E-state index is 0.0458. The highest BCUT2D eigenvalue weighted by Gasteiger charge is 2.11. The molecule has 124 valence electrons. The van der Waals surface area contributed by atoms with E-state index in [4.69, 9.17) is 4.74 Å². The van der Waals surface area contributed by atoms with E-state index in [0.717, 1.165) is 37.7 Å². The summed E-state index contributed by atoms with van der Waals surface area (Å²) in [5.74, 6) is -0.0458. The molecular formula is C15H20N4O3S. The number of ether oxygens (including phenoxy) is 1. The predicted molar refractivity (Wildman–Crippen MR) is 88.8 cm³/mol. The number of rotatable bonds is 6. The van der Waals surface area contributed by atoms with Gasteiger partial charge in [0.2, 0.25) is 5.91 Å². The van der Waals surface area contributed by atoms with Crippen LogP contribution in [-0.4, -0.2) is 59.8 Å². The van der Waals surface area contributed by atoms with Crippen LogP contribution in [-0.2, 0) is 16.1 Å². The summed E-state index contributed by atoms with van der Waals surface area (Å²) in [6.07, 6.45) is 1.79. The fourth-order valence-corrected chi connectivity index (χ4v) is 3.26. The van der Waals surface area contributed by atoms with Crippen molar-refractivity contribution in [2.75, 3.05) is 39.4 Å². The Morgan fingerprint density at radius 1 is 1.35 bits per heavy atom. The van der Waals surface area contributed by atoms with E-state index in [0.29, 0.717) is 18.5 Å². The van der Waals surface area contributed by atoms with Crippen molar-refractivity contribution in [2.24, 2.45) is 0 Å². The molecule has 0 spiro atoms. The van der Waals surface area contributed by atoms with Crippen molar-refractivity contribution in [1.82, 2.24) is 19.8 Å². The van der Waals surface area contributed by atoms with E-state index in [-0.39, 0.29) is 17.9 Å². The van der Waals surface area contributed by atoms with Gasteiger partial charge in [-0.25, -0.2) is 4.98 Å². The van der Waals surface area contributed by atoms with Crippen molar-refractivity contribution >= 4 is 27.5 Å². The Morgan fingerprint density at radius 3 is 3.00 bits per heavy atom. The molecule has 1 saturated heterocycles. The van der Waals surface area contributed by atoms with Gasteiger partial charge < -0.3 is 10.1 Å². The third-order valence-corrected chi connectivity index (χ3v) is 4.70. The lowest BCUT2D eigenvalue weighted by atomic mass is 10.3. The van der Waals surface area contributed by atoms with Gasteiger partial charge in [0.05, 0.1) is 24.9 Å². The summed E-state index contributed by atoms with van der Waals surface area (Å²) in [5, 5.41) is 5.36. The molecule has 0 unspecified atom stereocenters. The highest BCUT2D eigenvalue weighted by molar-refractivity contribution is 7.16. The normalized spacial score (nSPS) is 15.8. The number of fused-ring (bicyclic) bond motifs is 1. The van der Waals surface area contributed by atoms with Crippen LogP contribution in [0, 0.1) is 0 Å². The van der Waals surface area contributed by atoms with Crippen LogP contribution in [0.3, 0.4) is 0 Å². The average Bonchev–Trinajstić information content (AvgIpc) is 3.05. The Bertz CT molecular complexity index is 721. The van der Waals surface area contributed by atoms with Gasteiger partial charge in [0.1, 0.15) is 4.83 Å². The first kappa shape index (κ1) is 16.1. The molecule has 7 nitrogen and oxygen atoms in total. The minimum Gasteiger partial charge on any atom is -0.379 e. The summed E-state index contributed by atoms with van der Waals surface area (Å²) >= 11 is 1.44. The third-order valence-electron chi connectivity index (χ3n) is 3.88. The number of aryl methyl sites for hydroxylation is 1. The molecule has 0 aliphatic carbocycles. The van der Waals surface area contributed by atoms with Gasteiger partial charge in [0.25, 0.3) is 5.56 Å². The quantitative estimate of drug-likeness (QED) is 0.821. The lowest BCUT2D eigenvalue weighted by Crippen LogP contribution is -2.41. The Morgan fingerprint density at radius 2 is 2.17 bits per heavy atom. The van der Waals surface area contributed by atoms with Crippen LogP contribution in [0.25, 0.3) is 10.2 Å². The summed E-state index contributed by atoms with van der Waals surface area (Å²) in [4.78, 5) is 31.3. The van der Waals surface area contributed by atoms with Gasteiger partial charge >= 0.3 is 0 Å². The van der Waals surface area contributed by atoms with E-state index in [1.165, 1.54) is 22.2 Å². The van der Waals surface area contributed by atoms with Gasteiger partial charge in [-0.15, -0.1) is 11.3 Å². The van der Waals surface area contributed by atoms with Crippen LogP contribution in [0.4, 0.5) is 0 Å². The smallest absolute Gasteiger partial charge is 0.262 e. The van der Waals surface area contributed by atoms with Crippen LogP contribution in [0.5, 0.6) is 0 Å². The Balaban J connectivity index is 1.44. The van der Waals surface area contributed by atoms with Crippen molar-refractivity contribution in [3.05, 3.63) is 28.1 Å².